The molecule has 2 rings (SSSR count). The normalized spacial score (nSPS) is 23.1. The lowest BCUT2D eigenvalue weighted by atomic mass is 9.79. The van der Waals surface area contributed by atoms with Crippen LogP contribution in [0, 0.1) is 0 Å². The number of aliphatic imine (C=N–C) groups is 1. The molecule has 0 saturated heterocycles. The number of hydrogen-bond donors (Lipinski definition) is 0. The molecular weight excluding hydrogens is 243 g/mol. The van der Waals surface area contributed by atoms with E-state index in [1.807, 2.05) is 6.92 Å². The molecule has 0 N–H and O–H groups in total. The van der Waals surface area contributed by atoms with E-state index in [9.17, 15) is 18.0 Å². The van der Waals surface area contributed by atoms with Crippen LogP contribution in [0.5, 0.6) is 0 Å². The largest absolute Gasteiger partial charge is 0.416 e. The van der Waals surface area contributed by atoms with Crippen molar-refractivity contribution in [2.45, 2.75) is 37.9 Å². The number of aryl methyl sites for hydroxylation is 1. The Balaban J connectivity index is 2.34. The summed E-state index contributed by atoms with van der Waals surface area (Å²) in [6.07, 6.45) is -1.22. The highest BCUT2D eigenvalue weighted by atomic mass is 19.4. The van der Waals surface area contributed by atoms with Gasteiger partial charge in [0.1, 0.15) is 0 Å². The summed E-state index contributed by atoms with van der Waals surface area (Å²) >= 11 is 0. The molecule has 0 heterocycles. The van der Waals surface area contributed by atoms with Crippen LogP contribution in [0.2, 0.25) is 0 Å². The van der Waals surface area contributed by atoms with Crippen molar-refractivity contribution in [3.05, 3.63) is 34.9 Å². The molecule has 5 heteroatoms. The number of fused-ring (bicyclic) bond motifs is 1. The lowest BCUT2D eigenvalue weighted by Crippen LogP contribution is -2.30. The van der Waals surface area contributed by atoms with Crippen LogP contribution in [0.1, 0.15) is 30.0 Å². The topological polar surface area (TPSA) is 29.4 Å². The summed E-state index contributed by atoms with van der Waals surface area (Å²) in [7, 11) is 0. The number of benzene rings is 1. The van der Waals surface area contributed by atoms with Gasteiger partial charge in [-0.2, -0.15) is 18.2 Å². The fourth-order valence-corrected chi connectivity index (χ4v) is 2.32. The number of rotatable bonds is 1. The zero-order valence-electron chi connectivity index (χ0n) is 9.84. The van der Waals surface area contributed by atoms with Crippen LogP contribution in [0.15, 0.2) is 23.2 Å². The lowest BCUT2D eigenvalue weighted by Gasteiger charge is -2.30. The second-order valence-electron chi connectivity index (χ2n) is 4.86. The van der Waals surface area contributed by atoms with Gasteiger partial charge in [-0.3, -0.25) is 0 Å². The summed E-state index contributed by atoms with van der Waals surface area (Å²) in [5.74, 6) is 0. The van der Waals surface area contributed by atoms with Gasteiger partial charge >= 0.3 is 6.18 Å². The SMILES string of the molecule is CC1(N=C=O)CCc2cc(C(F)(F)F)ccc2C1. The first-order chi connectivity index (χ1) is 8.34. The minimum absolute atomic E-state index is 0.482. The van der Waals surface area contributed by atoms with Crippen LogP contribution in [0.25, 0.3) is 0 Å². The Labute approximate surface area is 103 Å². The fourth-order valence-electron chi connectivity index (χ4n) is 2.32. The maximum absolute atomic E-state index is 12.6. The highest BCUT2D eigenvalue weighted by molar-refractivity contribution is 5.40. The van der Waals surface area contributed by atoms with Gasteiger partial charge < -0.3 is 0 Å². The molecule has 18 heavy (non-hydrogen) atoms. The second kappa shape index (κ2) is 4.25. The molecule has 1 aliphatic carbocycles. The summed E-state index contributed by atoms with van der Waals surface area (Å²) in [5.41, 5.74) is 0.372. The summed E-state index contributed by atoms with van der Waals surface area (Å²) in [6.45, 7) is 1.82. The highest BCUT2D eigenvalue weighted by Gasteiger charge is 2.34. The molecule has 0 amide bonds. The minimum atomic E-state index is -4.31. The average Bonchev–Trinajstić information content (AvgIpc) is 2.27. The monoisotopic (exact) mass is 255 g/mol. The number of alkyl halides is 3. The van der Waals surface area contributed by atoms with E-state index < -0.39 is 17.3 Å². The molecule has 0 radical (unpaired) electrons. The van der Waals surface area contributed by atoms with E-state index in [0.29, 0.717) is 24.8 Å². The smallest absolute Gasteiger partial charge is 0.211 e. The van der Waals surface area contributed by atoms with Crippen LogP contribution < -0.4 is 0 Å². The molecule has 1 aromatic rings. The first kappa shape index (κ1) is 12.8. The van der Waals surface area contributed by atoms with Crippen molar-refractivity contribution >= 4 is 6.08 Å². The van der Waals surface area contributed by atoms with Gasteiger partial charge in [0.15, 0.2) is 0 Å². The van der Waals surface area contributed by atoms with Gasteiger partial charge in [-0.1, -0.05) is 6.07 Å². The number of carbonyl (C=O) groups excluding carboxylic acids is 1. The quantitative estimate of drug-likeness (QED) is 0.559. The number of isocyanates is 1. The maximum Gasteiger partial charge on any atom is 0.416 e. The molecule has 0 fully saturated rings. The van der Waals surface area contributed by atoms with E-state index in [4.69, 9.17) is 0 Å². The van der Waals surface area contributed by atoms with E-state index in [1.54, 1.807) is 0 Å². The zero-order chi connectivity index (χ0) is 13.4. The molecule has 0 aliphatic heterocycles. The van der Waals surface area contributed by atoms with Gasteiger partial charge in [-0.05, 0) is 49.4 Å². The van der Waals surface area contributed by atoms with Gasteiger partial charge in [0.05, 0.1) is 11.1 Å². The van der Waals surface area contributed by atoms with Crippen molar-refractivity contribution in [2.75, 3.05) is 0 Å². The van der Waals surface area contributed by atoms with Crippen LogP contribution in [-0.4, -0.2) is 11.6 Å². The van der Waals surface area contributed by atoms with E-state index in [2.05, 4.69) is 4.99 Å². The standard InChI is InChI=1S/C13H12F3NO/c1-12(17-8-18)5-4-9-6-11(13(14,15)16)3-2-10(9)7-12/h2-3,6H,4-5,7H2,1H3. The first-order valence-corrected chi connectivity index (χ1v) is 5.62. The van der Waals surface area contributed by atoms with E-state index in [0.717, 1.165) is 11.6 Å². The molecule has 2 nitrogen and oxygen atoms in total. The number of nitrogens with zero attached hydrogens (tertiary/aromatic N) is 1. The van der Waals surface area contributed by atoms with Gasteiger partial charge in [-0.25, -0.2) is 4.79 Å². The summed E-state index contributed by atoms with van der Waals surface area (Å²) in [4.78, 5) is 14.1. The van der Waals surface area contributed by atoms with Crippen molar-refractivity contribution in [1.29, 1.82) is 0 Å². The fraction of sp³-hybridized carbons (Fsp3) is 0.462. The van der Waals surface area contributed by atoms with E-state index in [1.165, 1.54) is 18.2 Å². The Morgan fingerprint density at radius 3 is 2.67 bits per heavy atom. The zero-order valence-corrected chi connectivity index (χ0v) is 9.84. The summed E-state index contributed by atoms with van der Waals surface area (Å²) in [6, 6.07) is 3.75. The lowest BCUT2D eigenvalue weighted by molar-refractivity contribution is -0.137. The third-order valence-corrected chi connectivity index (χ3v) is 3.35. The second-order valence-corrected chi connectivity index (χ2v) is 4.86. The molecule has 96 valence electrons. The first-order valence-electron chi connectivity index (χ1n) is 5.62. The third-order valence-electron chi connectivity index (χ3n) is 3.35. The number of halogens is 3. The van der Waals surface area contributed by atoms with Gasteiger partial charge in [0, 0.05) is 0 Å². The highest BCUT2D eigenvalue weighted by Crippen LogP contribution is 2.35. The third kappa shape index (κ3) is 2.46. The molecule has 0 spiro atoms. The van der Waals surface area contributed by atoms with Crippen LogP contribution in [0.3, 0.4) is 0 Å². The van der Waals surface area contributed by atoms with E-state index >= 15 is 0 Å². The van der Waals surface area contributed by atoms with Crippen LogP contribution >= 0.6 is 0 Å². The molecule has 1 aromatic carbocycles. The Morgan fingerprint density at radius 2 is 2.06 bits per heavy atom. The maximum atomic E-state index is 12.6. The summed E-state index contributed by atoms with van der Waals surface area (Å²) in [5, 5.41) is 0. The molecule has 0 bridgehead atoms. The average molecular weight is 255 g/mol. The van der Waals surface area contributed by atoms with Gasteiger partial charge in [0.25, 0.3) is 0 Å². The summed E-state index contributed by atoms with van der Waals surface area (Å²) < 4.78 is 37.7. The molecule has 1 atom stereocenters. The molecule has 0 aromatic heterocycles. The Bertz CT molecular complexity index is 517. The predicted octanol–water partition coefficient (Wildman–Crippen LogP) is 3.29. The molecular formula is C13H12F3NO. The Kier molecular flexibility index (Phi) is 3.03. The van der Waals surface area contributed by atoms with Gasteiger partial charge in [0.2, 0.25) is 6.08 Å². The number of hydrogen-bond acceptors (Lipinski definition) is 2. The van der Waals surface area contributed by atoms with Crippen molar-refractivity contribution in [2.24, 2.45) is 4.99 Å². The van der Waals surface area contributed by atoms with Crippen molar-refractivity contribution < 1.29 is 18.0 Å². The molecule has 1 unspecified atom stereocenters. The van der Waals surface area contributed by atoms with Crippen molar-refractivity contribution in [3.8, 4) is 0 Å². The van der Waals surface area contributed by atoms with E-state index in [-0.39, 0.29) is 0 Å². The predicted molar refractivity (Wildman–Crippen MR) is 60.0 cm³/mol. The van der Waals surface area contributed by atoms with Crippen molar-refractivity contribution in [1.82, 2.24) is 0 Å². The van der Waals surface area contributed by atoms with Crippen molar-refractivity contribution in [3.63, 3.8) is 0 Å². The minimum Gasteiger partial charge on any atom is -0.211 e. The molecule has 0 saturated carbocycles. The van der Waals surface area contributed by atoms with Crippen LogP contribution in [0.4, 0.5) is 13.2 Å². The molecule has 1 aliphatic rings. The van der Waals surface area contributed by atoms with Gasteiger partial charge in [-0.15, -0.1) is 0 Å². The Hall–Kier alpha value is -1.61. The van der Waals surface area contributed by atoms with Crippen LogP contribution in [-0.2, 0) is 23.8 Å². The Morgan fingerprint density at radius 1 is 1.33 bits per heavy atom.